The molecule has 2 amide bonds. The Balaban J connectivity index is 1.59. The van der Waals surface area contributed by atoms with Crippen LogP contribution in [0.15, 0.2) is 60.7 Å². The van der Waals surface area contributed by atoms with Gasteiger partial charge in [0.15, 0.2) is 5.75 Å². The number of aryl methyl sites for hydroxylation is 1. The Bertz CT molecular complexity index is 1150. The summed E-state index contributed by atoms with van der Waals surface area (Å²) < 4.78 is 5.10. The third-order valence-electron chi connectivity index (χ3n) is 4.33. The van der Waals surface area contributed by atoms with Crippen LogP contribution in [-0.2, 0) is 0 Å². The molecule has 0 aliphatic carbocycles. The minimum absolute atomic E-state index is 0.124. The maximum absolute atomic E-state index is 12.4. The summed E-state index contributed by atoms with van der Waals surface area (Å²) in [5.74, 6) is 0.567. The third kappa shape index (κ3) is 3.81. The van der Waals surface area contributed by atoms with Gasteiger partial charge in [-0.05, 0) is 61.0 Å². The van der Waals surface area contributed by atoms with Crippen LogP contribution < -0.4 is 15.4 Å². The summed E-state index contributed by atoms with van der Waals surface area (Å²) in [4.78, 5) is 13.7. The molecule has 3 N–H and O–H groups in total. The number of carbonyl (C=O) groups excluding carboxylic acids is 1. The Labute approximate surface area is 166 Å². The average Bonchev–Trinajstić information content (AvgIpc) is 3.15. The summed E-state index contributed by atoms with van der Waals surface area (Å²) in [5, 5.41) is 24.9. The predicted molar refractivity (Wildman–Crippen MR) is 111 cm³/mol. The first-order valence-electron chi connectivity index (χ1n) is 8.91. The van der Waals surface area contributed by atoms with Gasteiger partial charge in [0.2, 0.25) is 0 Å². The summed E-state index contributed by atoms with van der Waals surface area (Å²) in [6, 6.07) is 17.3. The van der Waals surface area contributed by atoms with E-state index in [9.17, 15) is 9.90 Å². The van der Waals surface area contributed by atoms with Gasteiger partial charge in [0.25, 0.3) is 0 Å². The number of methoxy groups -OCH3 is 1. The van der Waals surface area contributed by atoms with Crippen molar-refractivity contribution < 1.29 is 14.6 Å². The van der Waals surface area contributed by atoms with Gasteiger partial charge in [-0.3, -0.25) is 0 Å². The summed E-state index contributed by atoms with van der Waals surface area (Å²) in [5.41, 5.74) is 3.48. The van der Waals surface area contributed by atoms with Gasteiger partial charge in [0.05, 0.1) is 12.8 Å². The fourth-order valence-corrected chi connectivity index (χ4v) is 2.93. The van der Waals surface area contributed by atoms with Gasteiger partial charge in [-0.15, -0.1) is 15.0 Å². The summed E-state index contributed by atoms with van der Waals surface area (Å²) >= 11 is 0. The number of rotatable bonds is 4. The standard InChI is InChI=1S/C21H19N5O3/c1-13-11-18(23-21(28)22-14-7-9-15(29-2)10-8-14)20(27)19(12-13)26-24-16-5-3-4-6-17(16)25-26/h3-12,27H,1-2H3,(H2,22,23,28). The highest BCUT2D eigenvalue weighted by atomic mass is 16.5. The highest BCUT2D eigenvalue weighted by Crippen LogP contribution is 2.32. The number of carbonyl (C=O) groups is 1. The second kappa shape index (κ2) is 7.51. The van der Waals surface area contributed by atoms with E-state index in [-0.39, 0.29) is 11.4 Å². The number of hydrogen-bond donors (Lipinski definition) is 3. The van der Waals surface area contributed by atoms with E-state index in [1.807, 2.05) is 31.2 Å². The Kier molecular flexibility index (Phi) is 4.74. The summed E-state index contributed by atoms with van der Waals surface area (Å²) in [6.45, 7) is 1.86. The van der Waals surface area contributed by atoms with Crippen LogP contribution in [0.4, 0.5) is 16.2 Å². The summed E-state index contributed by atoms with van der Waals surface area (Å²) in [6.07, 6.45) is 0. The number of amides is 2. The number of phenolic OH excluding ortho intramolecular Hbond substituents is 1. The SMILES string of the molecule is COc1ccc(NC(=O)Nc2cc(C)cc(-n3nc4ccccc4n3)c2O)cc1. The number of benzene rings is 3. The molecule has 0 aliphatic heterocycles. The zero-order valence-corrected chi connectivity index (χ0v) is 15.9. The van der Waals surface area contributed by atoms with Crippen molar-refractivity contribution in [2.24, 2.45) is 0 Å². The van der Waals surface area contributed by atoms with Gasteiger partial charge < -0.3 is 20.5 Å². The average molecular weight is 389 g/mol. The number of hydrogen-bond acceptors (Lipinski definition) is 5. The van der Waals surface area contributed by atoms with Crippen LogP contribution in [0.2, 0.25) is 0 Å². The second-order valence-corrected chi connectivity index (χ2v) is 6.47. The highest BCUT2D eigenvalue weighted by molar-refractivity contribution is 6.01. The number of nitrogens with zero attached hydrogens (tertiary/aromatic N) is 3. The second-order valence-electron chi connectivity index (χ2n) is 6.47. The minimum Gasteiger partial charge on any atom is -0.504 e. The van der Waals surface area contributed by atoms with Gasteiger partial charge in [-0.25, -0.2) is 4.79 Å². The monoisotopic (exact) mass is 389 g/mol. The van der Waals surface area contributed by atoms with Crippen LogP contribution in [0.1, 0.15) is 5.56 Å². The molecule has 0 saturated carbocycles. The Hall–Kier alpha value is -4.07. The quantitative estimate of drug-likeness (QED) is 0.457. The molecule has 4 rings (SSSR count). The summed E-state index contributed by atoms with van der Waals surface area (Å²) in [7, 11) is 1.57. The molecule has 3 aromatic carbocycles. The molecule has 8 nitrogen and oxygen atoms in total. The molecule has 0 bridgehead atoms. The molecule has 29 heavy (non-hydrogen) atoms. The molecule has 1 heterocycles. The van der Waals surface area contributed by atoms with Crippen molar-refractivity contribution in [2.75, 3.05) is 17.7 Å². The number of fused-ring (bicyclic) bond motifs is 1. The van der Waals surface area contributed by atoms with E-state index >= 15 is 0 Å². The van der Waals surface area contributed by atoms with E-state index in [2.05, 4.69) is 20.8 Å². The Morgan fingerprint density at radius 2 is 1.66 bits per heavy atom. The number of urea groups is 1. The number of aromatic hydroxyl groups is 1. The molecule has 0 saturated heterocycles. The Morgan fingerprint density at radius 3 is 2.28 bits per heavy atom. The maximum atomic E-state index is 12.4. The molecule has 0 fully saturated rings. The van der Waals surface area contributed by atoms with Gasteiger partial charge in [0.1, 0.15) is 22.5 Å². The van der Waals surface area contributed by atoms with Crippen LogP contribution in [0.25, 0.3) is 16.7 Å². The van der Waals surface area contributed by atoms with Crippen molar-refractivity contribution in [1.82, 2.24) is 15.0 Å². The molecule has 0 radical (unpaired) electrons. The van der Waals surface area contributed by atoms with Gasteiger partial charge >= 0.3 is 6.03 Å². The van der Waals surface area contributed by atoms with E-state index in [0.717, 1.165) is 5.56 Å². The molecule has 4 aromatic rings. The van der Waals surface area contributed by atoms with Crippen molar-refractivity contribution >= 4 is 28.4 Å². The van der Waals surface area contributed by atoms with Crippen molar-refractivity contribution in [2.45, 2.75) is 6.92 Å². The van der Waals surface area contributed by atoms with Crippen LogP contribution in [-0.4, -0.2) is 33.2 Å². The number of ether oxygens (including phenoxy) is 1. The smallest absolute Gasteiger partial charge is 0.323 e. The maximum Gasteiger partial charge on any atom is 0.323 e. The minimum atomic E-state index is -0.486. The van der Waals surface area contributed by atoms with E-state index in [4.69, 9.17) is 4.74 Å². The first kappa shape index (κ1) is 18.3. The third-order valence-corrected chi connectivity index (χ3v) is 4.33. The van der Waals surface area contributed by atoms with E-state index in [1.165, 1.54) is 4.80 Å². The zero-order valence-electron chi connectivity index (χ0n) is 15.9. The van der Waals surface area contributed by atoms with Crippen LogP contribution >= 0.6 is 0 Å². The van der Waals surface area contributed by atoms with Gasteiger partial charge in [-0.1, -0.05) is 12.1 Å². The first-order chi connectivity index (χ1) is 14.0. The van der Waals surface area contributed by atoms with Gasteiger partial charge in [-0.2, -0.15) is 0 Å². The topological polar surface area (TPSA) is 101 Å². The normalized spacial score (nSPS) is 10.7. The van der Waals surface area contributed by atoms with E-state index in [0.29, 0.717) is 28.2 Å². The number of phenols is 1. The van der Waals surface area contributed by atoms with Crippen molar-refractivity contribution in [1.29, 1.82) is 0 Å². The molecule has 0 atom stereocenters. The molecule has 0 spiro atoms. The molecular weight excluding hydrogens is 370 g/mol. The zero-order chi connectivity index (χ0) is 20.4. The number of anilines is 2. The predicted octanol–water partition coefficient (Wildman–Crippen LogP) is 4.09. The lowest BCUT2D eigenvalue weighted by Crippen LogP contribution is -2.19. The first-order valence-corrected chi connectivity index (χ1v) is 8.91. The highest BCUT2D eigenvalue weighted by Gasteiger charge is 2.15. The number of aromatic nitrogens is 3. The lowest BCUT2D eigenvalue weighted by molar-refractivity contribution is 0.262. The molecule has 1 aromatic heterocycles. The van der Waals surface area contributed by atoms with Crippen molar-refractivity contribution in [3.63, 3.8) is 0 Å². The molecule has 146 valence electrons. The van der Waals surface area contributed by atoms with Gasteiger partial charge in [0, 0.05) is 5.69 Å². The van der Waals surface area contributed by atoms with Crippen molar-refractivity contribution in [3.8, 4) is 17.2 Å². The lowest BCUT2D eigenvalue weighted by Gasteiger charge is -2.13. The van der Waals surface area contributed by atoms with E-state index in [1.54, 1.807) is 43.5 Å². The van der Waals surface area contributed by atoms with Crippen molar-refractivity contribution in [3.05, 3.63) is 66.2 Å². The fourth-order valence-electron chi connectivity index (χ4n) is 2.93. The van der Waals surface area contributed by atoms with Crippen LogP contribution in [0.5, 0.6) is 11.5 Å². The molecule has 0 unspecified atom stereocenters. The lowest BCUT2D eigenvalue weighted by atomic mass is 10.1. The van der Waals surface area contributed by atoms with Crippen LogP contribution in [0, 0.1) is 6.92 Å². The number of nitrogens with one attached hydrogen (secondary N) is 2. The molecule has 0 aliphatic rings. The molecular formula is C21H19N5O3. The Morgan fingerprint density at radius 1 is 1.00 bits per heavy atom. The fraction of sp³-hybridized carbons (Fsp3) is 0.0952. The van der Waals surface area contributed by atoms with E-state index < -0.39 is 6.03 Å². The largest absolute Gasteiger partial charge is 0.504 e. The molecule has 8 heteroatoms. The van der Waals surface area contributed by atoms with Crippen LogP contribution in [0.3, 0.4) is 0 Å².